The molecule has 13 atom stereocenters. The first-order valence-electron chi connectivity index (χ1n) is 16.7. The maximum Gasteiger partial charge on any atom is 0.192 e. The van der Waals surface area contributed by atoms with Crippen molar-refractivity contribution in [3.63, 3.8) is 0 Å². The maximum absolute atomic E-state index is 12.5. The van der Waals surface area contributed by atoms with Gasteiger partial charge in [-0.25, -0.2) is 0 Å². The molecular weight excluding hydrogens is 500 g/mol. The quantitative estimate of drug-likeness (QED) is 0.346. The summed E-state index contributed by atoms with van der Waals surface area (Å²) in [6.45, 7) is 24.8. The van der Waals surface area contributed by atoms with Gasteiger partial charge in [-0.1, -0.05) is 48.5 Å². The van der Waals surface area contributed by atoms with E-state index in [2.05, 4.69) is 68.5 Å². The zero-order valence-electron chi connectivity index (χ0n) is 26.9. The molecule has 4 aliphatic carbocycles. The third-order valence-corrected chi connectivity index (χ3v) is 18.9. The topological polar surface area (TPSA) is 47.9 Å². The predicted molar refractivity (Wildman–Crippen MR) is 160 cm³/mol. The molecule has 0 bridgehead atoms. The third kappa shape index (κ3) is 4.24. The van der Waals surface area contributed by atoms with E-state index in [0.717, 1.165) is 25.9 Å². The summed E-state index contributed by atoms with van der Waals surface area (Å²) in [5.41, 5.74) is -0.311. The number of rotatable bonds is 2. The normalized spacial score (nSPS) is 55.6. The van der Waals surface area contributed by atoms with E-state index in [-0.39, 0.29) is 27.8 Å². The van der Waals surface area contributed by atoms with Gasteiger partial charge in [-0.05, 0) is 123 Å². The van der Waals surface area contributed by atoms with Crippen molar-refractivity contribution < 1.29 is 19.0 Å². The molecule has 2 saturated heterocycles. The van der Waals surface area contributed by atoms with Crippen LogP contribution < -0.4 is 0 Å². The minimum Gasteiger partial charge on any atom is -0.414 e. The molecule has 224 valence electrons. The molecule has 6 fully saturated rings. The zero-order chi connectivity index (χ0) is 28.4. The van der Waals surface area contributed by atoms with E-state index >= 15 is 0 Å². The molecule has 1 spiro atoms. The van der Waals surface area contributed by atoms with E-state index in [1.807, 2.05) is 0 Å². The highest BCUT2D eigenvalue weighted by Crippen LogP contribution is 2.73. The van der Waals surface area contributed by atoms with E-state index in [1.54, 1.807) is 0 Å². The summed E-state index contributed by atoms with van der Waals surface area (Å²) in [5.74, 6) is 3.42. The Morgan fingerprint density at radius 1 is 0.923 bits per heavy atom. The van der Waals surface area contributed by atoms with Gasteiger partial charge in [0.15, 0.2) is 14.1 Å². The molecule has 6 aliphatic rings. The van der Waals surface area contributed by atoms with Crippen LogP contribution in [0.4, 0.5) is 0 Å². The highest BCUT2D eigenvalue weighted by atomic mass is 28.4. The molecule has 0 aromatic rings. The van der Waals surface area contributed by atoms with E-state index in [0.29, 0.717) is 47.5 Å². The Kier molecular flexibility index (Phi) is 6.75. The Labute approximate surface area is 240 Å². The minimum absolute atomic E-state index is 0.122. The van der Waals surface area contributed by atoms with Crippen LogP contribution in [-0.4, -0.2) is 43.6 Å². The second-order valence-corrected chi connectivity index (χ2v) is 22.6. The molecule has 4 saturated carbocycles. The molecule has 0 aromatic heterocycles. The Balaban J connectivity index is 1.23. The van der Waals surface area contributed by atoms with Gasteiger partial charge < -0.3 is 19.0 Å². The summed E-state index contributed by atoms with van der Waals surface area (Å²) in [7, 11) is -1.78. The van der Waals surface area contributed by atoms with Crippen molar-refractivity contribution in [3.8, 4) is 0 Å². The van der Waals surface area contributed by atoms with Crippen LogP contribution in [0.1, 0.15) is 113 Å². The molecule has 39 heavy (non-hydrogen) atoms. The van der Waals surface area contributed by atoms with Crippen LogP contribution in [0.2, 0.25) is 18.1 Å². The van der Waals surface area contributed by atoms with E-state index < -0.39 is 13.9 Å². The largest absolute Gasteiger partial charge is 0.414 e. The highest BCUT2D eigenvalue weighted by Gasteiger charge is 2.72. The van der Waals surface area contributed by atoms with Crippen LogP contribution in [0.5, 0.6) is 0 Å². The summed E-state index contributed by atoms with van der Waals surface area (Å²) < 4.78 is 20.5. The first kappa shape index (κ1) is 29.1. The van der Waals surface area contributed by atoms with E-state index in [9.17, 15) is 5.11 Å². The lowest BCUT2D eigenvalue weighted by Gasteiger charge is -2.66. The fourth-order valence-electron chi connectivity index (χ4n) is 11.7. The smallest absolute Gasteiger partial charge is 0.192 e. The molecular formula is C34H60O4Si. The van der Waals surface area contributed by atoms with Gasteiger partial charge in [-0.15, -0.1) is 0 Å². The molecule has 2 heterocycles. The lowest BCUT2D eigenvalue weighted by molar-refractivity contribution is -0.276. The summed E-state index contributed by atoms with van der Waals surface area (Å²) in [6.07, 6.45) is 11.1. The molecule has 1 N–H and O–H groups in total. The molecule has 4 nitrogen and oxygen atoms in total. The van der Waals surface area contributed by atoms with Crippen molar-refractivity contribution in [2.45, 2.75) is 155 Å². The first-order valence-corrected chi connectivity index (χ1v) is 19.6. The first-order chi connectivity index (χ1) is 17.9. The molecule has 0 amide bonds. The number of aliphatic hydroxyl groups is 1. The SMILES string of the molecule is CC1CCC2(OC1)OC1CC3C4CCC5CC(O[Si](C)(C)C(C)(C)C)CCC5(C)C4C(C)(O)CC3(C)C1C2C. The van der Waals surface area contributed by atoms with Crippen LogP contribution in [0.25, 0.3) is 0 Å². The second kappa shape index (κ2) is 9.03. The third-order valence-electron chi connectivity index (χ3n) is 14.3. The number of hydrogen-bond acceptors (Lipinski definition) is 4. The molecule has 2 aliphatic heterocycles. The van der Waals surface area contributed by atoms with Crippen molar-refractivity contribution in [2.75, 3.05) is 6.61 Å². The average molecular weight is 561 g/mol. The van der Waals surface area contributed by atoms with Crippen molar-refractivity contribution in [3.05, 3.63) is 0 Å². The standard InChI is InChI=1S/C34H60O4Si/c1-21-13-16-34(36-19-21)22(2)28-27(37-34)18-26-25-12-11-23-17-24(38-39(9,10)30(3,4)5)14-15-31(23,6)29(25)33(8,35)20-32(26,28)7/h21-29,35H,11-20H2,1-10H3. The van der Waals surface area contributed by atoms with Crippen LogP contribution in [-0.2, 0) is 13.9 Å². The Morgan fingerprint density at radius 3 is 2.28 bits per heavy atom. The van der Waals surface area contributed by atoms with Gasteiger partial charge in [0.1, 0.15) is 0 Å². The van der Waals surface area contributed by atoms with Crippen molar-refractivity contribution in [1.29, 1.82) is 0 Å². The maximum atomic E-state index is 12.5. The van der Waals surface area contributed by atoms with E-state index in [4.69, 9.17) is 13.9 Å². The van der Waals surface area contributed by atoms with Gasteiger partial charge in [0.25, 0.3) is 0 Å². The monoisotopic (exact) mass is 560 g/mol. The molecule has 13 unspecified atom stereocenters. The van der Waals surface area contributed by atoms with Crippen LogP contribution >= 0.6 is 0 Å². The molecule has 0 aromatic carbocycles. The van der Waals surface area contributed by atoms with Crippen molar-refractivity contribution >= 4 is 8.32 Å². The lowest BCUT2D eigenvalue weighted by Crippen LogP contribution is -2.64. The van der Waals surface area contributed by atoms with Crippen molar-refractivity contribution in [2.24, 2.45) is 52.3 Å². The number of hydrogen-bond donors (Lipinski definition) is 1. The Hall–Kier alpha value is 0.0569. The molecule has 6 rings (SSSR count). The fraction of sp³-hybridized carbons (Fsp3) is 1.00. The van der Waals surface area contributed by atoms with Crippen LogP contribution in [0.3, 0.4) is 0 Å². The van der Waals surface area contributed by atoms with Gasteiger partial charge in [-0.2, -0.15) is 0 Å². The van der Waals surface area contributed by atoms with Gasteiger partial charge in [0.2, 0.25) is 0 Å². The van der Waals surface area contributed by atoms with Crippen LogP contribution in [0, 0.1) is 52.3 Å². The summed E-state index contributed by atoms with van der Waals surface area (Å²) >= 11 is 0. The number of ether oxygens (including phenoxy) is 2. The number of fused-ring (bicyclic) bond motifs is 7. The van der Waals surface area contributed by atoms with E-state index in [1.165, 1.54) is 38.5 Å². The van der Waals surface area contributed by atoms with Crippen molar-refractivity contribution in [1.82, 2.24) is 0 Å². The average Bonchev–Trinajstić information content (AvgIpc) is 3.24. The predicted octanol–water partition coefficient (Wildman–Crippen LogP) is 8.18. The van der Waals surface area contributed by atoms with Gasteiger partial charge in [0.05, 0.1) is 18.3 Å². The molecule has 5 heteroatoms. The lowest BCUT2D eigenvalue weighted by atomic mass is 9.41. The highest BCUT2D eigenvalue weighted by molar-refractivity contribution is 6.74. The van der Waals surface area contributed by atoms with Gasteiger partial charge in [0, 0.05) is 18.4 Å². The minimum atomic E-state index is -1.78. The summed E-state index contributed by atoms with van der Waals surface area (Å²) in [5, 5.41) is 12.7. The van der Waals surface area contributed by atoms with Gasteiger partial charge in [-0.3, -0.25) is 0 Å². The Morgan fingerprint density at radius 2 is 1.64 bits per heavy atom. The second-order valence-electron chi connectivity index (χ2n) is 17.8. The van der Waals surface area contributed by atoms with Crippen LogP contribution in [0.15, 0.2) is 0 Å². The summed E-state index contributed by atoms with van der Waals surface area (Å²) in [6, 6.07) is 0. The van der Waals surface area contributed by atoms with Gasteiger partial charge >= 0.3 is 0 Å². The fourth-order valence-corrected chi connectivity index (χ4v) is 13.1. The Bertz CT molecular complexity index is 947. The zero-order valence-corrected chi connectivity index (χ0v) is 27.9. The summed E-state index contributed by atoms with van der Waals surface area (Å²) in [4.78, 5) is 0. The molecule has 0 radical (unpaired) electrons.